The van der Waals surface area contributed by atoms with Crippen molar-refractivity contribution in [2.45, 2.75) is 17.6 Å². The van der Waals surface area contributed by atoms with Crippen molar-refractivity contribution < 1.29 is 22.7 Å². The molecule has 2 aromatic rings. The summed E-state index contributed by atoms with van der Waals surface area (Å²) in [7, 11) is -3.52. The van der Waals surface area contributed by atoms with Crippen molar-refractivity contribution in [2.75, 3.05) is 25.5 Å². The number of rotatable bonds is 11. The molecule has 0 aliphatic rings. The fraction of sp³-hybridized carbons (Fsp3) is 0.316. The number of hydrogen-bond donors (Lipinski definition) is 1. The van der Waals surface area contributed by atoms with E-state index in [1.807, 2.05) is 12.1 Å². The van der Waals surface area contributed by atoms with Crippen LogP contribution in [0.2, 0.25) is 5.02 Å². The van der Waals surface area contributed by atoms with Gasteiger partial charge in [-0.1, -0.05) is 23.7 Å². The monoisotopic (exact) mass is 443 g/mol. The van der Waals surface area contributed by atoms with Gasteiger partial charge in [0.25, 0.3) is 0 Å². The van der Waals surface area contributed by atoms with Gasteiger partial charge in [0, 0.05) is 23.1 Å². The Morgan fingerprint density at radius 1 is 1.11 bits per heavy atom. The van der Waals surface area contributed by atoms with Crippen LogP contribution in [0.5, 0.6) is 5.75 Å². The van der Waals surface area contributed by atoms with Crippen molar-refractivity contribution in [3.8, 4) is 5.75 Å². The van der Waals surface area contributed by atoms with Crippen LogP contribution in [-0.2, 0) is 25.3 Å². The molecule has 0 saturated carbocycles. The Labute approximate surface area is 174 Å². The van der Waals surface area contributed by atoms with E-state index in [1.54, 1.807) is 43.0 Å². The lowest BCUT2D eigenvalue weighted by Gasteiger charge is -2.08. The molecule has 0 radical (unpaired) electrons. The first-order valence-electron chi connectivity index (χ1n) is 8.61. The van der Waals surface area contributed by atoms with Crippen LogP contribution in [0.1, 0.15) is 12.5 Å². The molecule has 1 N–H and O–H groups in total. The Kier molecular flexibility index (Phi) is 9.11. The zero-order chi connectivity index (χ0) is 20.4. The van der Waals surface area contributed by atoms with E-state index in [2.05, 4.69) is 4.72 Å². The summed E-state index contributed by atoms with van der Waals surface area (Å²) in [6.45, 7) is 2.28. The number of ether oxygens (including phenoxy) is 2. The highest BCUT2D eigenvalue weighted by Crippen LogP contribution is 2.17. The summed E-state index contributed by atoms with van der Waals surface area (Å²) in [4.78, 5) is 11.5. The molecule has 0 fully saturated rings. The Morgan fingerprint density at radius 2 is 1.79 bits per heavy atom. The predicted octanol–water partition coefficient (Wildman–Crippen LogP) is 3.49. The van der Waals surface area contributed by atoms with Gasteiger partial charge in [-0.15, -0.1) is 0 Å². The van der Waals surface area contributed by atoms with Crippen LogP contribution in [0.25, 0.3) is 0 Å². The lowest BCUT2D eigenvalue weighted by Crippen LogP contribution is -2.26. The number of sulfonamides is 1. The lowest BCUT2D eigenvalue weighted by molar-refractivity contribution is -0.145. The normalized spacial score (nSPS) is 11.2. The molecule has 0 aromatic heterocycles. The van der Waals surface area contributed by atoms with Crippen LogP contribution in [0.4, 0.5) is 0 Å². The molecule has 0 unspecified atom stereocenters. The zero-order valence-electron chi connectivity index (χ0n) is 15.4. The van der Waals surface area contributed by atoms with Crippen molar-refractivity contribution in [3.63, 3.8) is 0 Å². The van der Waals surface area contributed by atoms with Gasteiger partial charge in [-0.2, -0.15) is 11.8 Å². The van der Waals surface area contributed by atoms with Gasteiger partial charge < -0.3 is 9.47 Å². The number of thioether (sulfide) groups is 1. The Bertz CT molecular complexity index is 855. The number of esters is 1. The molecule has 9 heteroatoms. The van der Waals surface area contributed by atoms with Gasteiger partial charge in [0.05, 0.1) is 11.5 Å². The molecule has 0 spiro atoms. The molecule has 0 saturated heterocycles. The molecule has 0 aliphatic carbocycles. The fourth-order valence-electron chi connectivity index (χ4n) is 2.16. The van der Waals surface area contributed by atoms with Gasteiger partial charge in [0.1, 0.15) is 5.75 Å². The van der Waals surface area contributed by atoms with Crippen LogP contribution in [-0.4, -0.2) is 39.9 Å². The third-order valence-corrected chi connectivity index (χ3v) is 6.28. The van der Waals surface area contributed by atoms with E-state index < -0.39 is 16.0 Å². The average molecular weight is 444 g/mol. The van der Waals surface area contributed by atoms with Crippen molar-refractivity contribution in [2.24, 2.45) is 0 Å². The van der Waals surface area contributed by atoms with Crippen LogP contribution in [0, 0.1) is 0 Å². The van der Waals surface area contributed by atoms with E-state index in [4.69, 9.17) is 21.1 Å². The molecular formula is C19H22ClNO5S2. The Balaban J connectivity index is 1.69. The summed E-state index contributed by atoms with van der Waals surface area (Å²) >= 11 is 7.38. The fourth-order valence-corrected chi connectivity index (χ4v) is 4.27. The molecular weight excluding hydrogens is 422 g/mol. The Morgan fingerprint density at radius 3 is 2.43 bits per heavy atom. The molecule has 0 amide bonds. The minimum atomic E-state index is -3.52. The maximum atomic E-state index is 12.2. The Hall–Kier alpha value is -1.74. The highest BCUT2D eigenvalue weighted by Gasteiger charge is 2.12. The maximum Gasteiger partial charge on any atom is 0.344 e. The van der Waals surface area contributed by atoms with Gasteiger partial charge in [-0.05, 0) is 48.9 Å². The topological polar surface area (TPSA) is 81.7 Å². The second-order valence-electron chi connectivity index (χ2n) is 5.64. The summed E-state index contributed by atoms with van der Waals surface area (Å²) in [5.41, 5.74) is 1.08. The van der Waals surface area contributed by atoms with E-state index in [0.29, 0.717) is 29.7 Å². The van der Waals surface area contributed by atoms with E-state index in [0.717, 1.165) is 11.3 Å². The number of benzene rings is 2. The average Bonchev–Trinajstić information content (AvgIpc) is 2.67. The van der Waals surface area contributed by atoms with E-state index >= 15 is 0 Å². The van der Waals surface area contributed by atoms with Crippen molar-refractivity contribution in [1.82, 2.24) is 4.72 Å². The third kappa shape index (κ3) is 7.71. The maximum absolute atomic E-state index is 12.2. The lowest BCUT2D eigenvalue weighted by atomic mass is 10.2. The number of hydrogen-bond acceptors (Lipinski definition) is 6. The summed E-state index contributed by atoms with van der Waals surface area (Å²) in [6, 6.07) is 13.4. The minimum absolute atomic E-state index is 0.115. The van der Waals surface area contributed by atoms with Gasteiger partial charge in [-0.3, -0.25) is 0 Å². The second-order valence-corrected chi connectivity index (χ2v) is 8.95. The van der Waals surface area contributed by atoms with Gasteiger partial charge in [0.2, 0.25) is 10.0 Å². The van der Waals surface area contributed by atoms with Gasteiger partial charge in [0.15, 0.2) is 6.61 Å². The highest BCUT2D eigenvalue weighted by molar-refractivity contribution is 7.98. The first-order chi connectivity index (χ1) is 13.4. The number of nitrogens with one attached hydrogen (secondary N) is 1. The van der Waals surface area contributed by atoms with Crippen LogP contribution in [0.15, 0.2) is 53.4 Å². The second kappa shape index (κ2) is 11.3. The molecule has 0 atom stereocenters. The summed E-state index contributed by atoms with van der Waals surface area (Å²) in [5, 5.41) is 0.492. The largest absolute Gasteiger partial charge is 0.482 e. The standard InChI is InChI=1S/C19H22ClNO5S2/c1-2-25-19(22)13-26-17-7-3-15(4-8-17)14-27-12-11-21-28(23,24)18-9-5-16(20)6-10-18/h3-10,21H,2,11-14H2,1H3. The van der Waals surface area contributed by atoms with Crippen LogP contribution < -0.4 is 9.46 Å². The molecule has 152 valence electrons. The highest BCUT2D eigenvalue weighted by atomic mass is 35.5. The molecule has 0 heterocycles. The van der Waals surface area contributed by atoms with E-state index in [9.17, 15) is 13.2 Å². The SMILES string of the molecule is CCOC(=O)COc1ccc(CSCCNS(=O)(=O)c2ccc(Cl)cc2)cc1. The minimum Gasteiger partial charge on any atom is -0.482 e. The summed E-state index contributed by atoms with van der Waals surface area (Å²) in [6.07, 6.45) is 0. The first-order valence-corrected chi connectivity index (χ1v) is 11.6. The van der Waals surface area contributed by atoms with E-state index in [-0.39, 0.29) is 11.5 Å². The molecule has 2 aromatic carbocycles. The van der Waals surface area contributed by atoms with Gasteiger partial charge >= 0.3 is 5.97 Å². The van der Waals surface area contributed by atoms with Crippen molar-refractivity contribution in [1.29, 1.82) is 0 Å². The molecule has 2 rings (SSSR count). The van der Waals surface area contributed by atoms with Crippen LogP contribution >= 0.6 is 23.4 Å². The van der Waals surface area contributed by atoms with Crippen molar-refractivity contribution >= 4 is 39.4 Å². The number of carbonyl (C=O) groups is 1. The van der Waals surface area contributed by atoms with Gasteiger partial charge in [-0.25, -0.2) is 17.9 Å². The number of halogens is 1. The molecule has 0 bridgehead atoms. The number of carbonyl (C=O) groups excluding carboxylic acids is 1. The zero-order valence-corrected chi connectivity index (χ0v) is 17.8. The molecule has 6 nitrogen and oxygen atoms in total. The first kappa shape index (κ1) is 22.5. The molecule has 0 aliphatic heterocycles. The summed E-state index contributed by atoms with van der Waals surface area (Å²) in [5.74, 6) is 1.56. The smallest absolute Gasteiger partial charge is 0.344 e. The third-order valence-electron chi connectivity index (χ3n) is 3.52. The van der Waals surface area contributed by atoms with Crippen molar-refractivity contribution in [3.05, 3.63) is 59.1 Å². The summed E-state index contributed by atoms with van der Waals surface area (Å²) < 4.78 is 37.0. The van der Waals surface area contributed by atoms with Crippen LogP contribution in [0.3, 0.4) is 0 Å². The molecule has 28 heavy (non-hydrogen) atoms. The predicted molar refractivity (Wildman–Crippen MR) is 111 cm³/mol. The quantitative estimate of drug-likeness (QED) is 0.423. The van der Waals surface area contributed by atoms with E-state index in [1.165, 1.54) is 12.1 Å².